The summed E-state index contributed by atoms with van der Waals surface area (Å²) in [4.78, 5) is 14.8. The summed E-state index contributed by atoms with van der Waals surface area (Å²) in [5, 5.41) is 3.03. The van der Waals surface area contributed by atoms with E-state index in [9.17, 15) is 13.2 Å². The monoisotopic (exact) mass is 389 g/mol. The molecule has 0 aliphatic rings. The molecular formula is C20H27N3O3S. The van der Waals surface area contributed by atoms with Crippen molar-refractivity contribution in [1.82, 2.24) is 14.9 Å². The average Bonchev–Trinajstić information content (AvgIpc) is 2.60. The molecular weight excluding hydrogens is 362 g/mol. The number of carbonyl (C=O) groups excluding carboxylic acids is 1. The predicted molar refractivity (Wildman–Crippen MR) is 107 cm³/mol. The minimum atomic E-state index is -3.57. The summed E-state index contributed by atoms with van der Waals surface area (Å²) < 4.78 is 26.9. The van der Waals surface area contributed by atoms with Crippen molar-refractivity contribution in [2.24, 2.45) is 0 Å². The van der Waals surface area contributed by atoms with Crippen LogP contribution in [0.25, 0.3) is 0 Å². The Morgan fingerprint density at radius 3 is 2.11 bits per heavy atom. The SMILES string of the molecule is CC(C)NS(=O)(=O)c1ccc(C(=O)N[C@@H](CN(C)C)c2ccccc2)cc1. The number of hydrogen-bond acceptors (Lipinski definition) is 4. The molecule has 0 unspecified atom stereocenters. The van der Waals surface area contributed by atoms with Crippen LogP contribution in [0.3, 0.4) is 0 Å². The maximum absolute atomic E-state index is 12.7. The van der Waals surface area contributed by atoms with Crippen molar-refractivity contribution in [2.75, 3.05) is 20.6 Å². The highest BCUT2D eigenvalue weighted by atomic mass is 32.2. The van der Waals surface area contributed by atoms with Crippen LogP contribution in [0.2, 0.25) is 0 Å². The Hall–Kier alpha value is -2.22. The van der Waals surface area contributed by atoms with E-state index in [-0.39, 0.29) is 22.9 Å². The molecule has 0 fully saturated rings. The second-order valence-electron chi connectivity index (χ2n) is 7.00. The quantitative estimate of drug-likeness (QED) is 0.727. The van der Waals surface area contributed by atoms with Gasteiger partial charge in [0.25, 0.3) is 5.91 Å². The lowest BCUT2D eigenvalue weighted by atomic mass is 10.1. The average molecular weight is 390 g/mol. The molecule has 146 valence electrons. The van der Waals surface area contributed by atoms with Gasteiger partial charge in [0.15, 0.2) is 0 Å². The molecule has 0 saturated heterocycles. The van der Waals surface area contributed by atoms with Crippen LogP contribution in [-0.2, 0) is 10.0 Å². The normalized spacial score (nSPS) is 13.0. The van der Waals surface area contributed by atoms with Gasteiger partial charge in [-0.05, 0) is 57.8 Å². The number of nitrogens with zero attached hydrogens (tertiary/aromatic N) is 1. The fourth-order valence-corrected chi connectivity index (χ4v) is 3.94. The van der Waals surface area contributed by atoms with Crippen molar-refractivity contribution in [1.29, 1.82) is 0 Å². The van der Waals surface area contributed by atoms with Crippen LogP contribution in [0.15, 0.2) is 59.5 Å². The molecule has 1 amide bonds. The van der Waals surface area contributed by atoms with E-state index in [1.807, 2.05) is 49.3 Å². The summed E-state index contributed by atoms with van der Waals surface area (Å²) >= 11 is 0. The minimum absolute atomic E-state index is 0.139. The summed E-state index contributed by atoms with van der Waals surface area (Å²) in [6, 6.07) is 15.3. The van der Waals surface area contributed by atoms with Gasteiger partial charge in [-0.25, -0.2) is 13.1 Å². The lowest BCUT2D eigenvalue weighted by Crippen LogP contribution is -2.35. The van der Waals surface area contributed by atoms with E-state index in [1.54, 1.807) is 13.8 Å². The first-order chi connectivity index (χ1) is 12.7. The van der Waals surface area contributed by atoms with E-state index in [1.165, 1.54) is 24.3 Å². The van der Waals surface area contributed by atoms with Gasteiger partial charge in [-0.1, -0.05) is 30.3 Å². The third-order valence-corrected chi connectivity index (χ3v) is 5.55. The number of nitrogens with one attached hydrogen (secondary N) is 2. The Kier molecular flexibility index (Phi) is 7.12. The number of amides is 1. The zero-order chi connectivity index (χ0) is 20.0. The van der Waals surface area contributed by atoms with Crippen LogP contribution < -0.4 is 10.0 Å². The van der Waals surface area contributed by atoms with E-state index in [2.05, 4.69) is 10.0 Å². The van der Waals surface area contributed by atoms with Gasteiger partial charge < -0.3 is 10.2 Å². The van der Waals surface area contributed by atoms with Crippen LogP contribution in [0.5, 0.6) is 0 Å². The molecule has 0 spiro atoms. The number of rotatable bonds is 8. The molecule has 2 rings (SSSR count). The number of likely N-dealkylation sites (N-methyl/N-ethyl adjacent to an activating group) is 1. The lowest BCUT2D eigenvalue weighted by molar-refractivity contribution is 0.0930. The molecule has 2 aromatic rings. The summed E-state index contributed by atoms with van der Waals surface area (Å²) in [6.45, 7) is 4.17. The van der Waals surface area contributed by atoms with Gasteiger partial charge in [0, 0.05) is 18.2 Å². The van der Waals surface area contributed by atoms with Gasteiger partial charge >= 0.3 is 0 Å². The Morgan fingerprint density at radius 1 is 1.00 bits per heavy atom. The first kappa shape index (κ1) is 21.1. The van der Waals surface area contributed by atoms with Gasteiger partial charge in [0.05, 0.1) is 10.9 Å². The van der Waals surface area contributed by atoms with Crippen molar-refractivity contribution in [3.8, 4) is 0 Å². The van der Waals surface area contributed by atoms with Gasteiger partial charge in [-0.15, -0.1) is 0 Å². The molecule has 0 heterocycles. The minimum Gasteiger partial charge on any atom is -0.344 e. The van der Waals surface area contributed by atoms with Crippen molar-refractivity contribution in [3.05, 3.63) is 65.7 Å². The molecule has 27 heavy (non-hydrogen) atoms. The molecule has 0 saturated carbocycles. The Labute approximate surface area is 161 Å². The number of carbonyl (C=O) groups is 1. The van der Waals surface area contributed by atoms with Crippen LogP contribution in [0.1, 0.15) is 35.8 Å². The Balaban J connectivity index is 2.16. The summed E-state index contributed by atoms with van der Waals surface area (Å²) in [7, 11) is 0.323. The fraction of sp³-hybridized carbons (Fsp3) is 0.350. The van der Waals surface area contributed by atoms with Crippen LogP contribution >= 0.6 is 0 Å². The molecule has 2 aromatic carbocycles. The summed E-state index contributed by atoms with van der Waals surface area (Å²) in [5.74, 6) is -0.244. The van der Waals surface area contributed by atoms with E-state index >= 15 is 0 Å². The van der Waals surface area contributed by atoms with Crippen molar-refractivity contribution >= 4 is 15.9 Å². The maximum Gasteiger partial charge on any atom is 0.251 e. The van der Waals surface area contributed by atoms with Crippen LogP contribution in [-0.4, -0.2) is 45.9 Å². The lowest BCUT2D eigenvalue weighted by Gasteiger charge is -2.23. The van der Waals surface area contributed by atoms with Gasteiger partial charge in [-0.3, -0.25) is 4.79 Å². The number of sulfonamides is 1. The number of benzene rings is 2. The van der Waals surface area contributed by atoms with Gasteiger partial charge in [0.2, 0.25) is 10.0 Å². The van der Waals surface area contributed by atoms with Crippen molar-refractivity contribution in [2.45, 2.75) is 30.8 Å². The summed E-state index contributed by atoms with van der Waals surface area (Å²) in [5.41, 5.74) is 1.43. The maximum atomic E-state index is 12.7. The third-order valence-electron chi connectivity index (χ3n) is 3.87. The highest BCUT2D eigenvalue weighted by Crippen LogP contribution is 2.16. The predicted octanol–water partition coefficient (Wildman–Crippen LogP) is 2.41. The molecule has 0 bridgehead atoms. The van der Waals surface area contributed by atoms with E-state index in [0.29, 0.717) is 12.1 Å². The van der Waals surface area contributed by atoms with Crippen molar-refractivity contribution in [3.63, 3.8) is 0 Å². The van der Waals surface area contributed by atoms with Crippen LogP contribution in [0, 0.1) is 0 Å². The first-order valence-electron chi connectivity index (χ1n) is 8.82. The zero-order valence-electron chi connectivity index (χ0n) is 16.1. The van der Waals surface area contributed by atoms with Crippen LogP contribution in [0.4, 0.5) is 0 Å². The molecule has 1 atom stereocenters. The highest BCUT2D eigenvalue weighted by Gasteiger charge is 2.19. The molecule has 0 aliphatic heterocycles. The van der Waals surface area contributed by atoms with E-state index in [0.717, 1.165) is 5.56 Å². The first-order valence-corrected chi connectivity index (χ1v) is 10.3. The summed E-state index contributed by atoms with van der Waals surface area (Å²) in [6.07, 6.45) is 0. The highest BCUT2D eigenvalue weighted by molar-refractivity contribution is 7.89. The third kappa shape index (κ3) is 6.16. The molecule has 0 radical (unpaired) electrons. The largest absolute Gasteiger partial charge is 0.344 e. The second-order valence-corrected chi connectivity index (χ2v) is 8.71. The van der Waals surface area contributed by atoms with Gasteiger partial charge in [0.1, 0.15) is 0 Å². The molecule has 0 aliphatic carbocycles. The standard InChI is InChI=1S/C20H27N3O3S/c1-15(2)22-27(25,26)18-12-10-17(11-13-18)20(24)21-19(14-23(3)4)16-8-6-5-7-9-16/h5-13,15,19,22H,14H2,1-4H3,(H,21,24)/t19-/m0/s1. The van der Waals surface area contributed by atoms with E-state index < -0.39 is 10.0 Å². The zero-order valence-corrected chi connectivity index (χ0v) is 17.0. The van der Waals surface area contributed by atoms with Gasteiger partial charge in [-0.2, -0.15) is 0 Å². The van der Waals surface area contributed by atoms with Crippen molar-refractivity contribution < 1.29 is 13.2 Å². The molecule has 0 aromatic heterocycles. The molecule has 2 N–H and O–H groups in total. The smallest absolute Gasteiger partial charge is 0.251 e. The molecule has 6 nitrogen and oxygen atoms in total. The Morgan fingerprint density at radius 2 is 1.59 bits per heavy atom. The number of hydrogen-bond donors (Lipinski definition) is 2. The Bertz CT molecular complexity index is 848. The topological polar surface area (TPSA) is 78.5 Å². The van der Waals surface area contributed by atoms with E-state index in [4.69, 9.17) is 0 Å². The fourth-order valence-electron chi connectivity index (χ4n) is 2.69. The second kappa shape index (κ2) is 9.12. The molecule has 7 heteroatoms.